The molecule has 94 valence electrons. The van der Waals surface area contributed by atoms with E-state index in [4.69, 9.17) is 5.73 Å². The first kappa shape index (κ1) is 13.6. The molecular weight excluding hydrogens is 227 g/mol. The molecule has 4 heteroatoms. The highest BCUT2D eigenvalue weighted by Gasteiger charge is 2.41. The molecule has 1 nitrogen and oxygen atoms in total. The summed E-state index contributed by atoms with van der Waals surface area (Å²) in [6.45, 7) is 10.6. The van der Waals surface area contributed by atoms with Crippen molar-refractivity contribution in [1.29, 1.82) is 0 Å². The molecule has 1 atom stereocenters. The van der Waals surface area contributed by atoms with Gasteiger partial charge in [-0.2, -0.15) is 13.2 Å². The van der Waals surface area contributed by atoms with Gasteiger partial charge in [-0.05, 0) is 37.0 Å². The predicted octanol–water partition coefficient (Wildman–Crippen LogP) is 3.86. The summed E-state index contributed by atoms with van der Waals surface area (Å²) in [6, 6.07) is 0. The zero-order valence-electron chi connectivity index (χ0n) is 9.99. The summed E-state index contributed by atoms with van der Waals surface area (Å²) in [7, 11) is 0. The highest BCUT2D eigenvalue weighted by atomic mass is 19.4. The van der Waals surface area contributed by atoms with E-state index in [0.717, 1.165) is 6.08 Å². The van der Waals surface area contributed by atoms with Gasteiger partial charge in [-0.1, -0.05) is 24.8 Å². The van der Waals surface area contributed by atoms with E-state index in [1.807, 2.05) is 0 Å². The Morgan fingerprint density at radius 3 is 2.18 bits per heavy atom. The molecule has 0 fully saturated rings. The van der Waals surface area contributed by atoms with Crippen LogP contribution in [0.15, 0.2) is 47.2 Å². The Balaban J connectivity index is 3.27. The summed E-state index contributed by atoms with van der Waals surface area (Å²) in [6.07, 6.45) is -3.24. The van der Waals surface area contributed by atoms with Crippen LogP contribution in [0.3, 0.4) is 0 Å². The zero-order valence-corrected chi connectivity index (χ0v) is 9.99. The Morgan fingerprint density at radius 1 is 1.29 bits per heavy atom. The lowest BCUT2D eigenvalue weighted by molar-refractivity contribution is -0.161. The average molecular weight is 243 g/mol. The molecule has 0 radical (unpaired) electrons. The van der Waals surface area contributed by atoms with Gasteiger partial charge in [0.05, 0.1) is 5.92 Å². The first-order chi connectivity index (χ1) is 7.64. The van der Waals surface area contributed by atoms with Gasteiger partial charge in [0.25, 0.3) is 0 Å². The lowest BCUT2D eigenvalue weighted by Gasteiger charge is -2.27. The minimum atomic E-state index is -4.26. The molecule has 1 aliphatic rings. The molecule has 1 unspecified atom stereocenters. The second-order valence-electron chi connectivity index (χ2n) is 4.39. The fraction of sp³-hybridized carbons (Fsp3) is 0.385. The van der Waals surface area contributed by atoms with Crippen LogP contribution >= 0.6 is 0 Å². The molecule has 0 saturated carbocycles. The molecule has 0 bridgehead atoms. The van der Waals surface area contributed by atoms with Crippen molar-refractivity contribution >= 4 is 0 Å². The molecule has 0 aliphatic heterocycles. The van der Waals surface area contributed by atoms with Crippen molar-refractivity contribution in [2.75, 3.05) is 0 Å². The second-order valence-corrected chi connectivity index (χ2v) is 4.39. The van der Waals surface area contributed by atoms with Gasteiger partial charge in [-0.3, -0.25) is 0 Å². The lowest BCUT2D eigenvalue weighted by atomic mass is 9.83. The third-order valence-electron chi connectivity index (χ3n) is 2.80. The SMILES string of the molecule is C=C(C)C1=CC(C(F)(F)F)CC(C(=C)C)=C1N. The van der Waals surface area contributed by atoms with Crippen molar-refractivity contribution in [2.45, 2.75) is 26.4 Å². The number of alkyl halides is 3. The average Bonchev–Trinajstić information content (AvgIpc) is 2.14. The largest absolute Gasteiger partial charge is 0.398 e. The number of halogens is 3. The minimum absolute atomic E-state index is 0.137. The van der Waals surface area contributed by atoms with Crippen LogP contribution in [0.4, 0.5) is 13.2 Å². The van der Waals surface area contributed by atoms with E-state index < -0.39 is 12.1 Å². The van der Waals surface area contributed by atoms with Gasteiger partial charge in [-0.25, -0.2) is 0 Å². The quantitative estimate of drug-likeness (QED) is 0.783. The van der Waals surface area contributed by atoms with Crippen LogP contribution in [-0.2, 0) is 0 Å². The van der Waals surface area contributed by atoms with Crippen LogP contribution in [0, 0.1) is 5.92 Å². The van der Waals surface area contributed by atoms with Crippen LogP contribution in [0.2, 0.25) is 0 Å². The van der Waals surface area contributed by atoms with Crippen LogP contribution in [0.5, 0.6) is 0 Å². The molecule has 0 heterocycles. The third-order valence-corrected chi connectivity index (χ3v) is 2.80. The van der Waals surface area contributed by atoms with Crippen LogP contribution in [-0.4, -0.2) is 6.18 Å². The van der Waals surface area contributed by atoms with E-state index in [9.17, 15) is 13.2 Å². The highest BCUT2D eigenvalue weighted by Crippen LogP contribution is 2.40. The molecule has 0 amide bonds. The summed E-state index contributed by atoms with van der Waals surface area (Å²) in [4.78, 5) is 0. The smallest absolute Gasteiger partial charge is 0.395 e. The standard InChI is InChI=1S/C13H16F3N/c1-7(2)10-5-9(13(14,15)16)6-11(8(3)4)12(10)17/h5,9H,1,3,6,17H2,2,4H3. The maximum absolute atomic E-state index is 12.8. The predicted molar refractivity (Wildman–Crippen MR) is 63.1 cm³/mol. The molecule has 1 rings (SSSR count). The second kappa shape index (κ2) is 4.43. The number of rotatable bonds is 2. The first-order valence-electron chi connectivity index (χ1n) is 5.24. The van der Waals surface area contributed by atoms with Crippen molar-refractivity contribution in [3.8, 4) is 0 Å². The van der Waals surface area contributed by atoms with Crippen molar-refractivity contribution in [3.63, 3.8) is 0 Å². The van der Waals surface area contributed by atoms with E-state index in [0.29, 0.717) is 28.0 Å². The summed E-state index contributed by atoms with van der Waals surface area (Å²) < 4.78 is 38.3. The van der Waals surface area contributed by atoms with Gasteiger partial charge < -0.3 is 5.73 Å². The summed E-state index contributed by atoms with van der Waals surface area (Å²) in [5, 5.41) is 0. The van der Waals surface area contributed by atoms with E-state index in [-0.39, 0.29) is 6.42 Å². The van der Waals surface area contributed by atoms with Gasteiger partial charge in [0.1, 0.15) is 0 Å². The molecule has 0 aromatic heterocycles. The molecule has 0 aromatic rings. The molecule has 17 heavy (non-hydrogen) atoms. The number of hydrogen-bond acceptors (Lipinski definition) is 1. The first-order valence-corrected chi connectivity index (χ1v) is 5.24. The summed E-state index contributed by atoms with van der Waals surface area (Å²) in [5.74, 6) is -1.51. The highest BCUT2D eigenvalue weighted by molar-refractivity contribution is 5.52. The number of nitrogens with two attached hydrogens (primary N) is 1. The molecule has 2 N–H and O–H groups in total. The maximum Gasteiger partial charge on any atom is 0.395 e. The summed E-state index contributed by atoms with van der Waals surface area (Å²) in [5.41, 5.74) is 8.19. The van der Waals surface area contributed by atoms with Gasteiger partial charge in [0, 0.05) is 5.70 Å². The lowest BCUT2D eigenvalue weighted by Crippen LogP contribution is -2.27. The molecule has 0 spiro atoms. The normalized spacial score (nSPS) is 21.2. The topological polar surface area (TPSA) is 26.0 Å². The fourth-order valence-electron chi connectivity index (χ4n) is 1.83. The third kappa shape index (κ3) is 2.81. The number of allylic oxidation sites excluding steroid dienone is 4. The molecular formula is C13H16F3N. The van der Waals surface area contributed by atoms with Crippen molar-refractivity contribution in [2.24, 2.45) is 11.7 Å². The molecule has 0 saturated heterocycles. The van der Waals surface area contributed by atoms with Gasteiger partial charge >= 0.3 is 6.18 Å². The number of hydrogen-bond donors (Lipinski definition) is 1. The van der Waals surface area contributed by atoms with E-state index in [2.05, 4.69) is 13.2 Å². The van der Waals surface area contributed by atoms with E-state index in [1.54, 1.807) is 13.8 Å². The molecule has 0 aromatic carbocycles. The minimum Gasteiger partial charge on any atom is -0.398 e. The monoisotopic (exact) mass is 243 g/mol. The Kier molecular flexibility index (Phi) is 3.55. The van der Waals surface area contributed by atoms with Gasteiger partial charge in [0.15, 0.2) is 0 Å². The van der Waals surface area contributed by atoms with Crippen molar-refractivity contribution in [1.82, 2.24) is 0 Å². The summed E-state index contributed by atoms with van der Waals surface area (Å²) >= 11 is 0. The zero-order chi connectivity index (χ0) is 13.4. The van der Waals surface area contributed by atoms with Gasteiger partial charge in [-0.15, -0.1) is 0 Å². The Hall–Kier alpha value is -1.45. The fourth-order valence-corrected chi connectivity index (χ4v) is 1.83. The van der Waals surface area contributed by atoms with E-state index in [1.165, 1.54) is 0 Å². The Labute approximate surface area is 99.2 Å². The maximum atomic E-state index is 12.8. The Morgan fingerprint density at radius 2 is 1.82 bits per heavy atom. The van der Waals surface area contributed by atoms with Crippen LogP contribution in [0.25, 0.3) is 0 Å². The van der Waals surface area contributed by atoms with E-state index >= 15 is 0 Å². The van der Waals surface area contributed by atoms with Crippen molar-refractivity contribution in [3.05, 3.63) is 47.2 Å². The van der Waals surface area contributed by atoms with Crippen LogP contribution in [0.1, 0.15) is 20.3 Å². The van der Waals surface area contributed by atoms with Crippen LogP contribution < -0.4 is 5.73 Å². The molecule has 1 aliphatic carbocycles. The Bertz CT molecular complexity index is 424. The van der Waals surface area contributed by atoms with Crippen molar-refractivity contribution < 1.29 is 13.2 Å². The van der Waals surface area contributed by atoms with Gasteiger partial charge in [0.2, 0.25) is 0 Å².